The summed E-state index contributed by atoms with van der Waals surface area (Å²) in [4.78, 5) is 0. The van der Waals surface area contributed by atoms with Crippen LogP contribution in [0.5, 0.6) is 0 Å². The van der Waals surface area contributed by atoms with E-state index in [1.54, 1.807) is 0 Å². The van der Waals surface area contributed by atoms with E-state index in [2.05, 4.69) is 37.5 Å². The lowest BCUT2D eigenvalue weighted by Gasteiger charge is -2.13. The first kappa shape index (κ1) is 14.0. The minimum atomic E-state index is 0.887. The molecular formula is C17H21N. The van der Waals surface area contributed by atoms with Crippen molar-refractivity contribution in [3.8, 4) is 0 Å². The number of allylic oxidation sites excluding steroid dienone is 4. The number of benzene rings is 1. The maximum absolute atomic E-state index is 4.08. The van der Waals surface area contributed by atoms with Crippen LogP contribution in [0.3, 0.4) is 0 Å². The summed E-state index contributed by atoms with van der Waals surface area (Å²) in [7, 11) is 0. The summed E-state index contributed by atoms with van der Waals surface area (Å²) in [5, 5.41) is 3.31. The molecule has 94 valence electrons. The van der Waals surface area contributed by atoms with E-state index in [-0.39, 0.29) is 0 Å². The van der Waals surface area contributed by atoms with Gasteiger partial charge in [-0.25, -0.2) is 0 Å². The van der Waals surface area contributed by atoms with E-state index in [1.807, 2.05) is 44.2 Å². The van der Waals surface area contributed by atoms with Gasteiger partial charge in [0.25, 0.3) is 0 Å². The molecule has 0 atom stereocenters. The number of hydrogen-bond donors (Lipinski definition) is 1. The van der Waals surface area contributed by atoms with E-state index in [0.29, 0.717) is 0 Å². The third kappa shape index (κ3) is 4.10. The van der Waals surface area contributed by atoms with Crippen LogP contribution < -0.4 is 5.32 Å². The van der Waals surface area contributed by atoms with Crippen LogP contribution in [0.4, 0.5) is 0 Å². The molecule has 0 spiro atoms. The van der Waals surface area contributed by atoms with Crippen LogP contribution in [-0.4, -0.2) is 0 Å². The Morgan fingerprint density at radius 1 is 1.28 bits per heavy atom. The topological polar surface area (TPSA) is 12.0 Å². The monoisotopic (exact) mass is 239 g/mol. The van der Waals surface area contributed by atoms with Crippen molar-refractivity contribution in [3.05, 3.63) is 78.0 Å². The fourth-order valence-electron chi connectivity index (χ4n) is 1.55. The molecule has 0 aliphatic carbocycles. The minimum Gasteiger partial charge on any atom is -0.355 e. The van der Waals surface area contributed by atoms with Gasteiger partial charge in [0.1, 0.15) is 0 Å². The van der Waals surface area contributed by atoms with Gasteiger partial charge in [0.15, 0.2) is 0 Å². The molecular weight excluding hydrogens is 218 g/mol. The predicted octanol–water partition coefficient (Wildman–Crippen LogP) is 4.59. The van der Waals surface area contributed by atoms with Crippen molar-refractivity contribution in [2.75, 3.05) is 0 Å². The van der Waals surface area contributed by atoms with Crippen molar-refractivity contribution < 1.29 is 0 Å². The molecule has 0 aliphatic heterocycles. The Bertz CT molecular complexity index is 504. The molecule has 0 heterocycles. The van der Waals surface area contributed by atoms with Gasteiger partial charge in [0.2, 0.25) is 0 Å². The summed E-state index contributed by atoms with van der Waals surface area (Å²) in [5.41, 5.74) is 5.19. The molecule has 0 aliphatic rings. The third-order valence-electron chi connectivity index (χ3n) is 2.57. The standard InChI is InChI=1S/C17H21N/c1-6-7-11-17(13(2)3)18-15(5)16-10-8-9-14(4)12-16/h6-12,18H,2,5H2,1,3-4H3/b7-6-,17-11+. The highest BCUT2D eigenvalue weighted by molar-refractivity contribution is 5.64. The van der Waals surface area contributed by atoms with Crippen molar-refractivity contribution in [2.24, 2.45) is 0 Å². The van der Waals surface area contributed by atoms with Gasteiger partial charge in [0.05, 0.1) is 0 Å². The van der Waals surface area contributed by atoms with Crippen molar-refractivity contribution in [2.45, 2.75) is 20.8 Å². The zero-order valence-corrected chi connectivity index (χ0v) is 11.5. The van der Waals surface area contributed by atoms with Gasteiger partial charge in [-0.15, -0.1) is 0 Å². The molecule has 18 heavy (non-hydrogen) atoms. The summed E-state index contributed by atoms with van der Waals surface area (Å²) in [5.74, 6) is 0. The zero-order chi connectivity index (χ0) is 13.5. The summed E-state index contributed by atoms with van der Waals surface area (Å²) < 4.78 is 0. The van der Waals surface area contributed by atoms with Gasteiger partial charge in [0, 0.05) is 11.4 Å². The largest absolute Gasteiger partial charge is 0.355 e. The molecule has 0 fully saturated rings. The molecule has 1 aromatic rings. The highest BCUT2D eigenvalue weighted by Crippen LogP contribution is 2.15. The first-order chi connectivity index (χ1) is 8.54. The molecule has 0 saturated carbocycles. The molecule has 1 nitrogen and oxygen atoms in total. The second-order valence-corrected chi connectivity index (χ2v) is 4.36. The van der Waals surface area contributed by atoms with Gasteiger partial charge in [-0.1, -0.05) is 49.1 Å². The van der Waals surface area contributed by atoms with E-state index in [9.17, 15) is 0 Å². The lowest BCUT2D eigenvalue weighted by molar-refractivity contribution is 1.09. The molecule has 0 amide bonds. The average molecular weight is 239 g/mol. The molecule has 0 unspecified atom stereocenters. The van der Waals surface area contributed by atoms with Gasteiger partial charge in [-0.2, -0.15) is 0 Å². The summed E-state index contributed by atoms with van der Waals surface area (Å²) in [6.45, 7) is 14.1. The van der Waals surface area contributed by atoms with Gasteiger partial charge >= 0.3 is 0 Å². The highest BCUT2D eigenvalue weighted by Gasteiger charge is 2.02. The Kier molecular flexibility index (Phi) is 5.19. The maximum Gasteiger partial charge on any atom is 0.0407 e. The fourth-order valence-corrected chi connectivity index (χ4v) is 1.55. The van der Waals surface area contributed by atoms with Crippen LogP contribution in [0.2, 0.25) is 0 Å². The van der Waals surface area contributed by atoms with Gasteiger partial charge in [-0.3, -0.25) is 0 Å². The molecule has 0 bridgehead atoms. The summed E-state index contributed by atoms with van der Waals surface area (Å²) >= 11 is 0. The van der Waals surface area contributed by atoms with Crippen LogP contribution in [0, 0.1) is 6.92 Å². The fraction of sp³-hybridized carbons (Fsp3) is 0.176. The normalized spacial score (nSPS) is 11.6. The zero-order valence-electron chi connectivity index (χ0n) is 11.5. The predicted molar refractivity (Wildman–Crippen MR) is 81.1 cm³/mol. The van der Waals surface area contributed by atoms with Gasteiger partial charge < -0.3 is 5.32 Å². The second-order valence-electron chi connectivity index (χ2n) is 4.36. The number of hydrogen-bond acceptors (Lipinski definition) is 1. The Morgan fingerprint density at radius 2 is 2.00 bits per heavy atom. The molecule has 0 aromatic heterocycles. The SMILES string of the molecule is C=C(C)/C(=C\C=C/C)NC(=C)c1cccc(C)c1. The Balaban J connectivity index is 2.89. The second kappa shape index (κ2) is 6.65. The lowest BCUT2D eigenvalue weighted by atomic mass is 10.1. The van der Waals surface area contributed by atoms with E-state index < -0.39 is 0 Å². The van der Waals surface area contributed by atoms with Crippen LogP contribution in [-0.2, 0) is 0 Å². The Labute approximate surface area is 110 Å². The molecule has 0 saturated heterocycles. The molecule has 0 radical (unpaired) electrons. The average Bonchev–Trinajstić information content (AvgIpc) is 2.33. The van der Waals surface area contributed by atoms with E-state index in [1.165, 1.54) is 5.56 Å². The van der Waals surface area contributed by atoms with E-state index >= 15 is 0 Å². The number of aryl methyl sites for hydroxylation is 1. The smallest absolute Gasteiger partial charge is 0.0407 e. The van der Waals surface area contributed by atoms with E-state index in [4.69, 9.17) is 0 Å². The molecule has 1 heteroatoms. The quantitative estimate of drug-likeness (QED) is 0.741. The van der Waals surface area contributed by atoms with Gasteiger partial charge in [-0.05, 0) is 44.1 Å². The summed E-state index contributed by atoms with van der Waals surface area (Å²) in [6.07, 6.45) is 5.98. The van der Waals surface area contributed by atoms with Crippen molar-refractivity contribution in [1.82, 2.24) is 5.32 Å². The van der Waals surface area contributed by atoms with E-state index in [0.717, 1.165) is 22.5 Å². The van der Waals surface area contributed by atoms with Crippen LogP contribution in [0.25, 0.3) is 5.70 Å². The van der Waals surface area contributed by atoms with Crippen molar-refractivity contribution in [3.63, 3.8) is 0 Å². The first-order valence-corrected chi connectivity index (χ1v) is 6.06. The number of rotatable bonds is 5. The highest BCUT2D eigenvalue weighted by atomic mass is 14.9. The van der Waals surface area contributed by atoms with Crippen LogP contribution in [0.1, 0.15) is 25.0 Å². The van der Waals surface area contributed by atoms with Crippen molar-refractivity contribution in [1.29, 1.82) is 0 Å². The minimum absolute atomic E-state index is 0.887. The number of nitrogens with one attached hydrogen (secondary N) is 1. The van der Waals surface area contributed by atoms with Crippen LogP contribution in [0.15, 0.2) is 66.9 Å². The molecule has 1 rings (SSSR count). The summed E-state index contributed by atoms with van der Waals surface area (Å²) in [6, 6.07) is 8.27. The molecule has 1 aromatic carbocycles. The Morgan fingerprint density at radius 3 is 2.56 bits per heavy atom. The third-order valence-corrected chi connectivity index (χ3v) is 2.57. The van der Waals surface area contributed by atoms with Crippen molar-refractivity contribution >= 4 is 5.70 Å². The first-order valence-electron chi connectivity index (χ1n) is 6.06. The molecule has 1 N–H and O–H groups in total. The van der Waals surface area contributed by atoms with Crippen LogP contribution >= 0.6 is 0 Å². The Hall–Kier alpha value is -2.02. The maximum atomic E-state index is 4.08. The lowest BCUT2D eigenvalue weighted by Crippen LogP contribution is -2.11.